The van der Waals surface area contributed by atoms with Crippen molar-refractivity contribution in [2.75, 3.05) is 6.61 Å². The van der Waals surface area contributed by atoms with Crippen LogP contribution >= 0.6 is 80.1 Å². The van der Waals surface area contributed by atoms with Gasteiger partial charge in [0, 0.05) is 0 Å². The Kier molecular flexibility index (Phi) is 7.34. The zero-order valence-corrected chi connectivity index (χ0v) is 20.5. The van der Waals surface area contributed by atoms with Crippen LogP contribution in [0.2, 0.25) is 10.0 Å². The number of thioether (sulfide) groups is 1. The van der Waals surface area contributed by atoms with Gasteiger partial charge in [-0.2, -0.15) is 0 Å². The molecule has 3 rings (SSSR count). The summed E-state index contributed by atoms with van der Waals surface area (Å²) in [4.78, 5) is 17.3. The lowest BCUT2D eigenvalue weighted by atomic mass is 10.2. The number of hydrogen-bond donors (Lipinski definition) is 1. The molecule has 0 radical (unpaired) electrons. The van der Waals surface area contributed by atoms with Gasteiger partial charge >= 0.3 is 0 Å². The lowest BCUT2D eigenvalue weighted by molar-refractivity contribution is -0.115. The molecule has 0 saturated carbocycles. The molecule has 1 N–H and O–H groups in total. The Balaban J connectivity index is 1.87. The Hall–Kier alpha value is -0.490. The summed E-state index contributed by atoms with van der Waals surface area (Å²) in [5.41, 5.74) is 1.44. The number of amides is 1. The molecule has 9 heteroatoms. The minimum Gasteiger partial charge on any atom is -0.492 e. The third kappa shape index (κ3) is 5.11. The summed E-state index contributed by atoms with van der Waals surface area (Å²) in [6, 6.07) is 9.16. The SMILES string of the molecule is CCOc1c(I)cc(/C=C2/SC(=Nc3cccc(Cl)c3Cl)NC2=O)cc1I. The predicted molar refractivity (Wildman–Crippen MR) is 130 cm³/mol. The molecule has 27 heavy (non-hydrogen) atoms. The van der Waals surface area contributed by atoms with Crippen LogP contribution in [-0.4, -0.2) is 17.7 Å². The van der Waals surface area contributed by atoms with Crippen molar-refractivity contribution in [3.05, 3.63) is 58.0 Å². The number of benzene rings is 2. The van der Waals surface area contributed by atoms with Crippen molar-refractivity contribution in [2.24, 2.45) is 4.99 Å². The summed E-state index contributed by atoms with van der Waals surface area (Å²) in [5.74, 6) is 0.665. The number of amidine groups is 1. The standard InChI is InChI=1S/C18H12Cl2I2N2O2S/c1-2-26-16-11(21)6-9(7-12(16)22)8-14-17(25)24-18(27-14)23-13-5-3-4-10(19)15(13)20/h3-8H,2H2,1H3,(H,23,24,25)/b14-8+. The minimum atomic E-state index is -0.198. The second kappa shape index (κ2) is 9.34. The van der Waals surface area contributed by atoms with Crippen LogP contribution in [0, 0.1) is 7.14 Å². The van der Waals surface area contributed by atoms with Gasteiger partial charge in [0.05, 0.1) is 34.4 Å². The van der Waals surface area contributed by atoms with Gasteiger partial charge < -0.3 is 10.1 Å². The predicted octanol–water partition coefficient (Wildman–Crippen LogP) is 6.49. The van der Waals surface area contributed by atoms with E-state index in [1.54, 1.807) is 18.2 Å². The zero-order chi connectivity index (χ0) is 19.6. The third-order valence-corrected chi connectivity index (χ3v) is 6.73. The number of carbonyl (C=O) groups is 1. The van der Waals surface area contributed by atoms with Crippen LogP contribution in [0.1, 0.15) is 12.5 Å². The van der Waals surface area contributed by atoms with E-state index in [1.807, 2.05) is 25.1 Å². The first-order valence-corrected chi connectivity index (χ1v) is 11.5. The summed E-state index contributed by atoms with van der Waals surface area (Å²) in [6.07, 6.45) is 1.84. The summed E-state index contributed by atoms with van der Waals surface area (Å²) < 4.78 is 7.65. The second-order valence-corrected chi connectivity index (χ2v) is 9.44. The van der Waals surface area contributed by atoms with Gasteiger partial charge in [-0.3, -0.25) is 4.79 Å². The van der Waals surface area contributed by atoms with E-state index < -0.39 is 0 Å². The number of nitrogens with one attached hydrogen (secondary N) is 1. The molecule has 0 unspecified atom stereocenters. The average molecular weight is 645 g/mol. The molecule has 0 aromatic heterocycles. The number of aliphatic imine (C=N–C) groups is 1. The molecular formula is C18H12Cl2I2N2O2S. The molecule has 1 saturated heterocycles. The van der Waals surface area contributed by atoms with Gasteiger partial charge in [-0.1, -0.05) is 29.3 Å². The smallest absolute Gasteiger partial charge is 0.264 e. The van der Waals surface area contributed by atoms with Gasteiger partial charge in [0.2, 0.25) is 0 Å². The van der Waals surface area contributed by atoms with Crippen molar-refractivity contribution >= 4 is 103 Å². The highest BCUT2D eigenvalue weighted by atomic mass is 127. The lowest BCUT2D eigenvalue weighted by Gasteiger charge is -2.09. The molecule has 0 atom stereocenters. The van der Waals surface area contributed by atoms with E-state index in [4.69, 9.17) is 27.9 Å². The Labute approximate surface area is 198 Å². The Morgan fingerprint density at radius 3 is 2.63 bits per heavy atom. The lowest BCUT2D eigenvalue weighted by Crippen LogP contribution is -2.19. The Morgan fingerprint density at radius 1 is 1.26 bits per heavy atom. The molecule has 140 valence electrons. The molecular weight excluding hydrogens is 633 g/mol. The van der Waals surface area contributed by atoms with Crippen LogP contribution in [0.5, 0.6) is 5.75 Å². The molecule has 0 bridgehead atoms. The number of rotatable bonds is 4. The summed E-state index contributed by atoms with van der Waals surface area (Å²) >= 11 is 17.9. The van der Waals surface area contributed by atoms with Gasteiger partial charge in [-0.05, 0) is 99.8 Å². The monoisotopic (exact) mass is 644 g/mol. The first-order chi connectivity index (χ1) is 12.9. The average Bonchev–Trinajstić information content (AvgIpc) is 2.94. The summed E-state index contributed by atoms with van der Waals surface area (Å²) in [5, 5.41) is 3.99. The zero-order valence-electron chi connectivity index (χ0n) is 13.9. The fourth-order valence-electron chi connectivity index (χ4n) is 2.27. The quantitative estimate of drug-likeness (QED) is 0.306. The number of ether oxygens (including phenoxy) is 1. The fraction of sp³-hybridized carbons (Fsp3) is 0.111. The molecule has 1 fully saturated rings. The normalized spacial score (nSPS) is 16.9. The molecule has 1 heterocycles. The molecule has 1 aliphatic heterocycles. The van der Waals surface area contributed by atoms with Gasteiger partial charge in [0.25, 0.3) is 5.91 Å². The number of nitrogens with zero attached hydrogens (tertiary/aromatic N) is 1. The summed E-state index contributed by atoms with van der Waals surface area (Å²) in [7, 11) is 0. The van der Waals surface area contributed by atoms with Crippen molar-refractivity contribution in [3.8, 4) is 5.75 Å². The van der Waals surface area contributed by atoms with Crippen molar-refractivity contribution in [2.45, 2.75) is 6.92 Å². The van der Waals surface area contributed by atoms with Gasteiger partial charge in [-0.15, -0.1) is 0 Å². The molecule has 2 aromatic rings. The van der Waals surface area contributed by atoms with E-state index in [2.05, 4.69) is 55.5 Å². The molecule has 1 aliphatic rings. The number of hydrogen-bond acceptors (Lipinski definition) is 4. The molecule has 2 aromatic carbocycles. The summed E-state index contributed by atoms with van der Waals surface area (Å²) in [6.45, 7) is 2.56. The maximum Gasteiger partial charge on any atom is 0.264 e. The highest BCUT2D eigenvalue weighted by Gasteiger charge is 2.24. The van der Waals surface area contributed by atoms with E-state index in [0.29, 0.717) is 32.4 Å². The molecule has 0 spiro atoms. The van der Waals surface area contributed by atoms with E-state index in [0.717, 1.165) is 18.5 Å². The van der Waals surface area contributed by atoms with Crippen LogP contribution in [-0.2, 0) is 4.79 Å². The Morgan fingerprint density at radius 2 is 1.96 bits per heavy atom. The van der Waals surface area contributed by atoms with E-state index in [-0.39, 0.29) is 5.91 Å². The van der Waals surface area contributed by atoms with Crippen molar-refractivity contribution in [3.63, 3.8) is 0 Å². The molecule has 1 amide bonds. The molecule has 4 nitrogen and oxygen atoms in total. The first kappa shape index (κ1) is 21.2. The first-order valence-electron chi connectivity index (χ1n) is 7.74. The maximum atomic E-state index is 12.3. The van der Waals surface area contributed by atoms with Gasteiger partial charge in [0.1, 0.15) is 5.75 Å². The van der Waals surface area contributed by atoms with Crippen LogP contribution in [0.4, 0.5) is 5.69 Å². The van der Waals surface area contributed by atoms with Gasteiger partial charge in [0.15, 0.2) is 5.17 Å². The third-order valence-electron chi connectivity index (χ3n) is 3.41. The van der Waals surface area contributed by atoms with Crippen molar-refractivity contribution in [1.29, 1.82) is 0 Å². The largest absolute Gasteiger partial charge is 0.492 e. The van der Waals surface area contributed by atoms with Crippen molar-refractivity contribution < 1.29 is 9.53 Å². The maximum absolute atomic E-state index is 12.3. The minimum absolute atomic E-state index is 0.198. The van der Waals surface area contributed by atoms with Gasteiger partial charge in [-0.25, -0.2) is 4.99 Å². The highest BCUT2D eigenvalue weighted by Crippen LogP contribution is 2.35. The second-order valence-electron chi connectivity index (χ2n) is 5.30. The Bertz CT molecular complexity index is 957. The van der Waals surface area contributed by atoms with Crippen LogP contribution < -0.4 is 10.1 Å². The van der Waals surface area contributed by atoms with Crippen LogP contribution in [0.3, 0.4) is 0 Å². The fourth-order valence-corrected chi connectivity index (χ4v) is 5.57. The van der Waals surface area contributed by atoms with E-state index >= 15 is 0 Å². The van der Waals surface area contributed by atoms with E-state index in [9.17, 15) is 4.79 Å². The topological polar surface area (TPSA) is 50.7 Å². The van der Waals surface area contributed by atoms with Crippen molar-refractivity contribution in [1.82, 2.24) is 5.32 Å². The molecule has 0 aliphatic carbocycles. The van der Waals surface area contributed by atoms with Crippen LogP contribution in [0.25, 0.3) is 6.08 Å². The van der Waals surface area contributed by atoms with Crippen LogP contribution in [0.15, 0.2) is 40.2 Å². The number of carbonyl (C=O) groups excluding carboxylic acids is 1. The van der Waals surface area contributed by atoms with E-state index in [1.165, 1.54) is 11.8 Å². The highest BCUT2D eigenvalue weighted by molar-refractivity contribution is 14.1. The number of halogens is 4.